The normalized spacial score (nSPS) is 10.1. The Hall–Kier alpha value is -2.33. The van der Waals surface area contributed by atoms with Crippen molar-refractivity contribution in [2.24, 2.45) is 0 Å². The van der Waals surface area contributed by atoms with E-state index in [2.05, 4.69) is 10.1 Å². The van der Waals surface area contributed by atoms with Crippen molar-refractivity contribution in [3.05, 3.63) is 51.2 Å². The molecule has 0 aliphatic carbocycles. The first-order valence-electron chi connectivity index (χ1n) is 5.52. The van der Waals surface area contributed by atoms with Gasteiger partial charge in [-0.15, -0.1) is 0 Å². The fourth-order valence-electron chi connectivity index (χ4n) is 1.39. The van der Waals surface area contributed by atoms with Gasteiger partial charge in [0.2, 0.25) is 0 Å². The summed E-state index contributed by atoms with van der Waals surface area (Å²) >= 11 is 1.17. The number of hydrogen-bond donors (Lipinski definition) is 1. The molecule has 2 aromatic rings. The Morgan fingerprint density at radius 1 is 1.32 bits per heavy atom. The van der Waals surface area contributed by atoms with Crippen LogP contribution in [0.4, 0.5) is 0 Å². The lowest BCUT2D eigenvalue weighted by Gasteiger charge is -2.03. The summed E-state index contributed by atoms with van der Waals surface area (Å²) in [4.78, 5) is 26.2. The van der Waals surface area contributed by atoms with Gasteiger partial charge < -0.3 is 0 Å². The molecule has 6 nitrogen and oxygen atoms in total. The molecule has 96 valence electrons. The molecule has 0 bridgehead atoms. The predicted molar refractivity (Wildman–Crippen MR) is 69.9 cm³/mol. The topological polar surface area (TPSA) is 91.5 Å². The number of hydrogen-bond acceptors (Lipinski definition) is 5. The first-order valence-corrected chi connectivity index (χ1v) is 6.33. The zero-order valence-corrected chi connectivity index (χ0v) is 10.7. The van der Waals surface area contributed by atoms with E-state index in [4.69, 9.17) is 5.26 Å². The van der Waals surface area contributed by atoms with Crippen LogP contribution in [0.5, 0.6) is 0 Å². The molecule has 0 aliphatic rings. The fraction of sp³-hybridized carbons (Fsp3) is 0.167. The van der Waals surface area contributed by atoms with E-state index in [1.807, 2.05) is 36.4 Å². The highest BCUT2D eigenvalue weighted by atomic mass is 32.2. The lowest BCUT2D eigenvalue weighted by atomic mass is 10.4. The molecule has 0 saturated heterocycles. The van der Waals surface area contributed by atoms with E-state index < -0.39 is 11.2 Å². The molecule has 1 aromatic carbocycles. The summed E-state index contributed by atoms with van der Waals surface area (Å²) < 4.78 is 1.09. The summed E-state index contributed by atoms with van der Waals surface area (Å²) in [5.41, 5.74) is -1.12. The van der Waals surface area contributed by atoms with Crippen molar-refractivity contribution < 1.29 is 0 Å². The van der Waals surface area contributed by atoms with Gasteiger partial charge in [0, 0.05) is 4.90 Å². The Labute approximate surface area is 112 Å². The number of benzene rings is 1. The van der Waals surface area contributed by atoms with Crippen molar-refractivity contribution >= 4 is 11.8 Å². The van der Waals surface area contributed by atoms with E-state index in [1.165, 1.54) is 11.8 Å². The molecule has 0 radical (unpaired) electrons. The lowest BCUT2D eigenvalue weighted by molar-refractivity contribution is 0.536. The molecule has 1 N–H and O–H groups in total. The number of aromatic amines is 1. The molecule has 0 amide bonds. The molecule has 0 saturated carbocycles. The number of aryl methyl sites for hydroxylation is 1. The van der Waals surface area contributed by atoms with Gasteiger partial charge in [0.25, 0.3) is 5.56 Å². The largest absolute Gasteiger partial charge is 0.344 e. The number of nitriles is 1. The Morgan fingerprint density at radius 3 is 2.74 bits per heavy atom. The maximum atomic E-state index is 11.7. The van der Waals surface area contributed by atoms with Crippen LogP contribution in [0.15, 0.2) is 49.8 Å². The molecule has 7 heteroatoms. The SMILES string of the molecule is N#CCCn1nc(Sc2ccccc2)c(=O)[nH]c1=O. The van der Waals surface area contributed by atoms with Crippen LogP contribution in [0.3, 0.4) is 0 Å². The first-order chi connectivity index (χ1) is 9.20. The van der Waals surface area contributed by atoms with Crippen LogP contribution in [-0.4, -0.2) is 14.8 Å². The van der Waals surface area contributed by atoms with Gasteiger partial charge in [-0.3, -0.25) is 9.78 Å². The smallest absolute Gasteiger partial charge is 0.270 e. The number of aromatic nitrogens is 3. The molecule has 0 atom stereocenters. The van der Waals surface area contributed by atoms with E-state index >= 15 is 0 Å². The Balaban J connectivity index is 2.33. The van der Waals surface area contributed by atoms with Crippen LogP contribution in [0.1, 0.15) is 6.42 Å². The summed E-state index contributed by atoms with van der Waals surface area (Å²) in [5, 5.41) is 12.7. The van der Waals surface area contributed by atoms with Crippen molar-refractivity contribution in [1.29, 1.82) is 5.26 Å². The quantitative estimate of drug-likeness (QED) is 0.897. The van der Waals surface area contributed by atoms with Crippen molar-refractivity contribution in [3.8, 4) is 6.07 Å². The molecule has 1 aromatic heterocycles. The second-order valence-electron chi connectivity index (χ2n) is 3.61. The molecular weight excluding hydrogens is 264 g/mol. The zero-order chi connectivity index (χ0) is 13.7. The zero-order valence-electron chi connectivity index (χ0n) is 9.87. The van der Waals surface area contributed by atoms with Gasteiger partial charge in [0.15, 0.2) is 5.03 Å². The third-order valence-electron chi connectivity index (χ3n) is 2.25. The highest BCUT2D eigenvalue weighted by molar-refractivity contribution is 7.99. The van der Waals surface area contributed by atoms with Crippen molar-refractivity contribution in [2.75, 3.05) is 0 Å². The molecule has 0 spiro atoms. The van der Waals surface area contributed by atoms with Crippen LogP contribution in [0.2, 0.25) is 0 Å². The standard InChI is InChI=1S/C12H10N4O2S/c13-7-4-8-16-12(18)14-10(17)11(15-16)19-9-5-2-1-3-6-9/h1-3,5-6H,4,8H2,(H,14,17,18). The van der Waals surface area contributed by atoms with E-state index in [0.717, 1.165) is 9.58 Å². The lowest BCUT2D eigenvalue weighted by Crippen LogP contribution is -2.33. The van der Waals surface area contributed by atoms with Crippen molar-refractivity contribution in [1.82, 2.24) is 14.8 Å². The number of H-pyrrole nitrogens is 1. The molecule has 2 rings (SSSR count). The number of nitrogens with zero attached hydrogens (tertiary/aromatic N) is 3. The summed E-state index contributed by atoms with van der Waals surface area (Å²) in [6, 6.07) is 11.2. The Morgan fingerprint density at radius 2 is 2.05 bits per heavy atom. The van der Waals surface area contributed by atoms with Gasteiger partial charge in [-0.1, -0.05) is 30.0 Å². The molecular formula is C12H10N4O2S. The average molecular weight is 274 g/mol. The third-order valence-corrected chi connectivity index (χ3v) is 3.22. The minimum atomic E-state index is -0.599. The highest BCUT2D eigenvalue weighted by Crippen LogP contribution is 2.21. The minimum Gasteiger partial charge on any atom is -0.270 e. The van der Waals surface area contributed by atoms with Gasteiger partial charge in [0.1, 0.15) is 0 Å². The van der Waals surface area contributed by atoms with Gasteiger partial charge in [0.05, 0.1) is 19.0 Å². The maximum absolute atomic E-state index is 11.7. The molecule has 0 unspecified atom stereocenters. The first kappa shape index (κ1) is 13.1. The van der Waals surface area contributed by atoms with Crippen LogP contribution >= 0.6 is 11.8 Å². The van der Waals surface area contributed by atoms with Gasteiger partial charge in [-0.25, -0.2) is 9.48 Å². The summed E-state index contributed by atoms with van der Waals surface area (Å²) in [6.45, 7) is 0.161. The van der Waals surface area contributed by atoms with Crippen LogP contribution < -0.4 is 11.2 Å². The molecule has 0 aliphatic heterocycles. The average Bonchev–Trinajstić information content (AvgIpc) is 2.42. The van der Waals surface area contributed by atoms with Gasteiger partial charge in [-0.2, -0.15) is 10.4 Å². The summed E-state index contributed by atoms with van der Waals surface area (Å²) in [5.74, 6) is 0. The maximum Gasteiger partial charge on any atom is 0.344 e. The minimum absolute atomic E-state index is 0.161. The van der Waals surface area contributed by atoms with Crippen molar-refractivity contribution in [2.45, 2.75) is 22.9 Å². The van der Waals surface area contributed by atoms with E-state index in [-0.39, 0.29) is 18.0 Å². The molecule has 0 fully saturated rings. The predicted octanol–water partition coefficient (Wildman–Crippen LogP) is 0.996. The Bertz CT molecular complexity index is 715. The summed E-state index contributed by atoms with van der Waals surface area (Å²) in [7, 11) is 0. The van der Waals surface area contributed by atoms with Gasteiger partial charge in [-0.05, 0) is 12.1 Å². The van der Waals surface area contributed by atoms with Gasteiger partial charge >= 0.3 is 5.69 Å². The monoisotopic (exact) mass is 274 g/mol. The Kier molecular flexibility index (Phi) is 4.15. The highest BCUT2D eigenvalue weighted by Gasteiger charge is 2.08. The van der Waals surface area contributed by atoms with Crippen LogP contribution in [0.25, 0.3) is 0 Å². The number of rotatable bonds is 4. The molecule has 19 heavy (non-hydrogen) atoms. The van der Waals surface area contributed by atoms with Crippen molar-refractivity contribution in [3.63, 3.8) is 0 Å². The fourth-order valence-corrected chi connectivity index (χ4v) is 2.19. The van der Waals surface area contributed by atoms with E-state index in [0.29, 0.717) is 0 Å². The summed E-state index contributed by atoms with van der Waals surface area (Å²) in [6.07, 6.45) is 0.161. The number of nitrogens with one attached hydrogen (secondary N) is 1. The van der Waals surface area contributed by atoms with E-state index in [9.17, 15) is 9.59 Å². The second kappa shape index (κ2) is 6.02. The second-order valence-corrected chi connectivity index (χ2v) is 4.67. The van der Waals surface area contributed by atoms with E-state index in [1.54, 1.807) is 0 Å². The van der Waals surface area contributed by atoms with Crippen LogP contribution in [-0.2, 0) is 6.54 Å². The van der Waals surface area contributed by atoms with Crippen LogP contribution in [0, 0.1) is 11.3 Å². The third kappa shape index (κ3) is 3.33. The molecule has 1 heterocycles.